The molecule has 1 aliphatic heterocycles. The summed E-state index contributed by atoms with van der Waals surface area (Å²) in [5, 5.41) is 0. The van der Waals surface area contributed by atoms with Crippen LogP contribution >= 0.6 is 0 Å². The maximum atomic E-state index is 11.5. The van der Waals surface area contributed by atoms with Gasteiger partial charge in [-0.2, -0.15) is 0 Å². The monoisotopic (exact) mass is 261 g/mol. The smallest absolute Gasteiger partial charge is 0.398 e. The molecule has 2 rings (SSSR count). The predicted octanol–water partition coefficient (Wildman–Crippen LogP) is 1.40. The number of hydrogen-bond donors (Lipinski definition) is 1. The van der Waals surface area contributed by atoms with E-state index in [0.29, 0.717) is 12.0 Å². The molecule has 102 valence electrons. The zero-order valence-electron chi connectivity index (χ0n) is 11.9. The molecule has 1 aliphatic rings. The number of nitrogens with one attached hydrogen (secondary N) is 1. The van der Waals surface area contributed by atoms with Crippen LogP contribution in [0.3, 0.4) is 0 Å². The maximum Gasteiger partial charge on any atom is 0.512 e. The Hall–Kier alpha value is -1.33. The summed E-state index contributed by atoms with van der Waals surface area (Å²) < 4.78 is 11.9. The second-order valence-corrected chi connectivity index (χ2v) is 5.84. The topological polar surface area (TPSA) is 51.3 Å². The molecular weight excluding hydrogens is 241 g/mol. The first kappa shape index (κ1) is 14.1. The van der Waals surface area contributed by atoms with Crippen LogP contribution in [0.2, 0.25) is 0 Å². The van der Waals surface area contributed by atoms with Crippen molar-refractivity contribution < 1.29 is 9.31 Å². The van der Waals surface area contributed by atoms with E-state index in [-0.39, 0.29) is 5.56 Å². The van der Waals surface area contributed by atoms with Crippen LogP contribution in [0.1, 0.15) is 33.3 Å². The van der Waals surface area contributed by atoms with Crippen molar-refractivity contribution in [1.29, 1.82) is 0 Å². The van der Waals surface area contributed by atoms with Gasteiger partial charge < -0.3 is 14.3 Å². The molecule has 1 N–H and O–H groups in total. The average molecular weight is 261 g/mol. The number of rotatable bonds is 3. The summed E-state index contributed by atoms with van der Waals surface area (Å²) in [5.41, 5.74) is 0.655. The van der Waals surface area contributed by atoms with Crippen molar-refractivity contribution >= 4 is 12.7 Å². The number of pyridine rings is 1. The number of aromatic nitrogens is 1. The van der Waals surface area contributed by atoms with Crippen molar-refractivity contribution in [3.63, 3.8) is 0 Å². The van der Waals surface area contributed by atoms with E-state index in [0.717, 1.165) is 5.56 Å². The van der Waals surface area contributed by atoms with E-state index in [1.807, 2.05) is 27.7 Å². The van der Waals surface area contributed by atoms with Crippen LogP contribution in [-0.2, 0) is 15.7 Å². The molecule has 4 nitrogen and oxygen atoms in total. The number of allylic oxidation sites excluding steroid dienone is 1. The molecule has 1 aromatic rings. The number of hydrogen-bond acceptors (Lipinski definition) is 3. The van der Waals surface area contributed by atoms with Gasteiger partial charge in [0.15, 0.2) is 0 Å². The van der Waals surface area contributed by atoms with Crippen LogP contribution in [-0.4, -0.2) is 23.3 Å². The van der Waals surface area contributed by atoms with E-state index in [1.165, 1.54) is 6.07 Å². The fraction of sp³-hybridized carbons (Fsp3) is 0.500. The normalized spacial score (nSPS) is 20.5. The fourth-order valence-electron chi connectivity index (χ4n) is 2.03. The molecule has 0 aromatic carbocycles. The van der Waals surface area contributed by atoms with Crippen LogP contribution in [0.5, 0.6) is 0 Å². The van der Waals surface area contributed by atoms with E-state index in [1.54, 1.807) is 12.1 Å². The van der Waals surface area contributed by atoms with Gasteiger partial charge in [-0.1, -0.05) is 12.1 Å². The Morgan fingerprint density at radius 1 is 1.26 bits per heavy atom. The van der Waals surface area contributed by atoms with E-state index >= 15 is 0 Å². The zero-order chi connectivity index (χ0) is 14.3. The van der Waals surface area contributed by atoms with Gasteiger partial charge in [0.1, 0.15) is 0 Å². The van der Waals surface area contributed by atoms with Crippen molar-refractivity contribution in [1.82, 2.24) is 4.98 Å². The molecule has 5 heteroatoms. The second kappa shape index (κ2) is 4.65. The van der Waals surface area contributed by atoms with Crippen LogP contribution in [0.4, 0.5) is 0 Å². The second-order valence-electron chi connectivity index (χ2n) is 5.84. The Morgan fingerprint density at radius 2 is 1.84 bits per heavy atom. The molecule has 2 heterocycles. The number of aromatic amines is 1. The first-order valence-electron chi connectivity index (χ1n) is 6.45. The maximum absolute atomic E-state index is 11.5. The molecule has 0 saturated carbocycles. The lowest BCUT2D eigenvalue weighted by Gasteiger charge is -2.32. The van der Waals surface area contributed by atoms with Gasteiger partial charge in [0.05, 0.1) is 16.8 Å². The first-order valence-corrected chi connectivity index (χ1v) is 6.45. The molecule has 0 bridgehead atoms. The summed E-state index contributed by atoms with van der Waals surface area (Å²) in [4.78, 5) is 14.4. The minimum absolute atomic E-state index is 0.155. The fourth-order valence-corrected chi connectivity index (χ4v) is 2.03. The molecule has 1 fully saturated rings. The first-order chi connectivity index (χ1) is 8.77. The van der Waals surface area contributed by atoms with Crippen molar-refractivity contribution in [2.24, 2.45) is 0 Å². The number of H-pyrrole nitrogens is 1. The minimum Gasteiger partial charge on any atom is -0.398 e. The summed E-state index contributed by atoms with van der Waals surface area (Å²) in [5.74, 6) is 0. The van der Waals surface area contributed by atoms with Gasteiger partial charge in [-0.25, -0.2) is 0 Å². The summed E-state index contributed by atoms with van der Waals surface area (Å²) >= 11 is 0. The van der Waals surface area contributed by atoms with Gasteiger partial charge in [0.2, 0.25) is 5.56 Å². The van der Waals surface area contributed by atoms with E-state index < -0.39 is 18.3 Å². The van der Waals surface area contributed by atoms with E-state index in [2.05, 4.69) is 11.6 Å². The van der Waals surface area contributed by atoms with Crippen LogP contribution in [0.15, 0.2) is 29.6 Å². The lowest BCUT2D eigenvalue weighted by molar-refractivity contribution is 0.00578. The highest BCUT2D eigenvalue weighted by Gasteiger charge is 2.52. The molecule has 0 spiro atoms. The molecule has 0 amide bonds. The highest BCUT2D eigenvalue weighted by Crippen LogP contribution is 2.36. The minimum atomic E-state index is -0.547. The Bertz CT molecular complexity index is 532. The van der Waals surface area contributed by atoms with Crippen LogP contribution < -0.4 is 11.2 Å². The highest BCUT2D eigenvalue weighted by atomic mass is 16.7. The van der Waals surface area contributed by atoms with Crippen molar-refractivity contribution in [3.05, 3.63) is 40.7 Å². The molecule has 0 radical (unpaired) electrons. The predicted molar refractivity (Wildman–Crippen MR) is 76.7 cm³/mol. The summed E-state index contributed by atoms with van der Waals surface area (Å²) in [6.07, 6.45) is 2.46. The van der Waals surface area contributed by atoms with Crippen LogP contribution in [0, 0.1) is 0 Å². The third-order valence-corrected chi connectivity index (χ3v) is 3.89. The Labute approximate surface area is 114 Å². The largest absolute Gasteiger partial charge is 0.512 e. The molecule has 0 aliphatic carbocycles. The van der Waals surface area contributed by atoms with Gasteiger partial charge >= 0.3 is 7.12 Å². The lowest BCUT2D eigenvalue weighted by Crippen LogP contribution is -2.41. The molecule has 1 aromatic heterocycles. The standard InChI is InChI=1S/C14H20BNO3/c1-6-7-10-8-9-11(17)16-12(10)15-18-13(2,3)14(4,5)19-15/h6,8-9H,1,7H2,2-5H3,(H,16,17). The van der Waals surface area contributed by atoms with Gasteiger partial charge in [-0.3, -0.25) is 4.79 Å². The third kappa shape index (κ3) is 2.53. The Morgan fingerprint density at radius 3 is 2.37 bits per heavy atom. The quantitative estimate of drug-likeness (QED) is 0.661. The molecule has 0 unspecified atom stereocenters. The SMILES string of the molecule is C=CCc1ccc(=O)[nH]c1B1OC(C)(C)C(C)(C)O1. The van der Waals surface area contributed by atoms with Crippen molar-refractivity contribution in [2.45, 2.75) is 45.3 Å². The van der Waals surface area contributed by atoms with Gasteiger partial charge in [0, 0.05) is 6.07 Å². The Balaban J connectivity index is 2.41. The molecule has 1 saturated heterocycles. The molecule has 0 atom stereocenters. The average Bonchev–Trinajstić information content (AvgIpc) is 2.51. The molecule has 19 heavy (non-hydrogen) atoms. The van der Waals surface area contributed by atoms with E-state index in [4.69, 9.17) is 9.31 Å². The van der Waals surface area contributed by atoms with Crippen LogP contribution in [0.25, 0.3) is 0 Å². The molecular formula is C14H20BNO3. The zero-order valence-corrected chi connectivity index (χ0v) is 11.9. The highest BCUT2D eigenvalue weighted by molar-refractivity contribution is 6.61. The summed E-state index contributed by atoms with van der Waals surface area (Å²) in [6.45, 7) is 11.7. The Kier molecular flexibility index (Phi) is 3.45. The third-order valence-electron chi connectivity index (χ3n) is 3.89. The summed E-state index contributed by atoms with van der Waals surface area (Å²) in [6, 6.07) is 3.30. The van der Waals surface area contributed by atoms with Gasteiger partial charge in [-0.15, -0.1) is 6.58 Å². The van der Waals surface area contributed by atoms with Crippen molar-refractivity contribution in [3.8, 4) is 0 Å². The summed E-state index contributed by atoms with van der Waals surface area (Å²) in [7, 11) is -0.547. The lowest BCUT2D eigenvalue weighted by atomic mass is 9.80. The van der Waals surface area contributed by atoms with Gasteiger partial charge in [0.25, 0.3) is 0 Å². The van der Waals surface area contributed by atoms with Gasteiger partial charge in [-0.05, 0) is 39.7 Å². The van der Waals surface area contributed by atoms with E-state index in [9.17, 15) is 4.79 Å². The van der Waals surface area contributed by atoms with Crippen molar-refractivity contribution in [2.75, 3.05) is 0 Å².